The van der Waals surface area contributed by atoms with Gasteiger partial charge in [0.2, 0.25) is 0 Å². The maximum atomic E-state index is 13.5. The van der Waals surface area contributed by atoms with Crippen LogP contribution >= 0.6 is 0 Å². The summed E-state index contributed by atoms with van der Waals surface area (Å²) < 4.78 is 160. The second-order valence-corrected chi connectivity index (χ2v) is 12.7. The molecular formula is C32H33F11O3. The molecule has 0 N–H and O–H groups in total. The Morgan fingerprint density at radius 1 is 0.783 bits per heavy atom. The van der Waals surface area contributed by atoms with Crippen molar-refractivity contribution in [1.29, 1.82) is 0 Å². The smallest absolute Gasteiger partial charge is 0.435 e. The first kappa shape index (κ1) is 34.7. The average Bonchev–Trinajstić information content (AvgIpc) is 3.27. The van der Waals surface area contributed by atoms with Crippen molar-refractivity contribution in [3.05, 3.63) is 64.7 Å². The van der Waals surface area contributed by atoms with Gasteiger partial charge in [-0.25, -0.2) is 8.78 Å². The van der Waals surface area contributed by atoms with Crippen LogP contribution in [0.4, 0.5) is 48.3 Å². The number of hydrogen-bond donors (Lipinski definition) is 0. The van der Waals surface area contributed by atoms with Gasteiger partial charge >= 0.3 is 24.1 Å². The summed E-state index contributed by atoms with van der Waals surface area (Å²) >= 11 is 0. The molecule has 256 valence electrons. The first-order chi connectivity index (χ1) is 21.4. The highest BCUT2D eigenvalue weighted by Gasteiger charge is 2.85. The van der Waals surface area contributed by atoms with E-state index >= 15 is 0 Å². The molecule has 5 rings (SSSR count). The zero-order chi connectivity index (χ0) is 33.7. The van der Waals surface area contributed by atoms with Crippen LogP contribution in [-0.4, -0.2) is 43.4 Å². The molecular weight excluding hydrogens is 641 g/mol. The van der Waals surface area contributed by atoms with Crippen molar-refractivity contribution in [2.45, 2.75) is 94.6 Å². The number of halogens is 11. The van der Waals surface area contributed by atoms with Crippen molar-refractivity contribution < 1.29 is 62.5 Å². The summed E-state index contributed by atoms with van der Waals surface area (Å²) in [5, 5.41) is 0. The van der Waals surface area contributed by atoms with Crippen LogP contribution < -0.4 is 4.74 Å². The molecule has 3 aliphatic rings. The van der Waals surface area contributed by atoms with Gasteiger partial charge < -0.3 is 14.2 Å². The molecule has 0 radical (unpaired) electrons. The van der Waals surface area contributed by atoms with Gasteiger partial charge in [-0.2, -0.15) is 39.5 Å². The summed E-state index contributed by atoms with van der Waals surface area (Å²) in [6.45, 7) is 0.267. The molecule has 2 fully saturated rings. The zero-order valence-electron chi connectivity index (χ0n) is 24.7. The van der Waals surface area contributed by atoms with E-state index in [0.29, 0.717) is 23.7 Å². The van der Waals surface area contributed by atoms with Gasteiger partial charge in [-0.15, -0.1) is 0 Å². The number of fused-ring (bicyclic) bond motifs is 5. The Balaban J connectivity index is 1.17. The minimum atomic E-state index is -6.76. The average molecular weight is 675 g/mol. The Hall–Kier alpha value is -2.61. The standard InChI is InChI=1S/C32H33F11O3/c1-28-10-9-24-23-6-4-22(45-17-18-13-20(33)16-21(34)14-18)15-19(23)3-5-25(24)26(28)7-8-27(28)44-11-2-12-46-29(30(35,36)37,31(38,39)40)32(41,42)43/h4,6,13-16,24-27H,2-3,5,7-12,17H2,1H3/t24?,25?,26?,27-,28-/m0/s1. The van der Waals surface area contributed by atoms with Gasteiger partial charge in [0.25, 0.3) is 0 Å². The van der Waals surface area contributed by atoms with Crippen LogP contribution in [0.2, 0.25) is 0 Å². The summed E-state index contributed by atoms with van der Waals surface area (Å²) in [7, 11) is 0. The molecule has 14 heteroatoms. The number of benzene rings is 2. The topological polar surface area (TPSA) is 27.7 Å². The third kappa shape index (κ3) is 6.32. The van der Waals surface area contributed by atoms with Crippen molar-refractivity contribution in [2.75, 3.05) is 13.2 Å². The molecule has 0 spiro atoms. The summed E-state index contributed by atoms with van der Waals surface area (Å²) in [5.41, 5.74) is -3.89. The Morgan fingerprint density at radius 3 is 2.07 bits per heavy atom. The summed E-state index contributed by atoms with van der Waals surface area (Å²) in [6, 6.07) is 8.99. The highest BCUT2D eigenvalue weighted by Crippen LogP contribution is 2.62. The number of rotatable bonds is 9. The fourth-order valence-electron chi connectivity index (χ4n) is 7.97. The van der Waals surface area contributed by atoms with Crippen molar-refractivity contribution in [2.24, 2.45) is 17.3 Å². The lowest BCUT2D eigenvalue weighted by atomic mass is 9.55. The molecule has 0 heterocycles. The predicted molar refractivity (Wildman–Crippen MR) is 143 cm³/mol. The second kappa shape index (κ2) is 12.4. The van der Waals surface area contributed by atoms with E-state index in [2.05, 4.69) is 11.7 Å². The fraction of sp³-hybridized carbons (Fsp3) is 0.625. The largest absolute Gasteiger partial charge is 0.489 e. The fourth-order valence-corrected chi connectivity index (χ4v) is 7.97. The molecule has 0 bridgehead atoms. The lowest BCUT2D eigenvalue weighted by Gasteiger charge is -2.50. The Kier molecular flexibility index (Phi) is 9.39. The molecule has 3 unspecified atom stereocenters. The maximum Gasteiger partial charge on any atom is 0.435 e. The van der Waals surface area contributed by atoms with E-state index < -0.39 is 48.8 Å². The highest BCUT2D eigenvalue weighted by atomic mass is 19.4. The second-order valence-electron chi connectivity index (χ2n) is 12.7. The third-order valence-corrected chi connectivity index (χ3v) is 10.1. The number of aryl methyl sites for hydroxylation is 1. The van der Waals surface area contributed by atoms with E-state index in [4.69, 9.17) is 9.47 Å². The van der Waals surface area contributed by atoms with Crippen LogP contribution in [0.1, 0.15) is 68.1 Å². The summed E-state index contributed by atoms with van der Waals surface area (Å²) in [6.07, 6.45) is -16.6. The van der Waals surface area contributed by atoms with Crippen molar-refractivity contribution >= 4 is 0 Å². The SMILES string of the molecule is C[C@]12CCC3c4ccc(OCc5cc(F)cc(F)c5)cc4CCC3C1CC[C@@H]2OCCCOC(C(F)(F)F)(C(F)(F)F)C(F)(F)F. The minimum absolute atomic E-state index is 0.00131. The Labute approximate surface area is 258 Å². The van der Waals surface area contributed by atoms with Crippen molar-refractivity contribution in [3.63, 3.8) is 0 Å². The van der Waals surface area contributed by atoms with E-state index in [1.165, 1.54) is 17.7 Å². The predicted octanol–water partition coefficient (Wildman–Crippen LogP) is 9.62. The van der Waals surface area contributed by atoms with Crippen LogP contribution in [0.3, 0.4) is 0 Å². The summed E-state index contributed by atoms with van der Waals surface area (Å²) in [5.74, 6) is 0.0296. The van der Waals surface area contributed by atoms with Gasteiger partial charge in [0.05, 0.1) is 12.7 Å². The molecule has 0 aliphatic heterocycles. The van der Waals surface area contributed by atoms with Gasteiger partial charge in [-0.05, 0) is 109 Å². The lowest BCUT2D eigenvalue weighted by molar-refractivity contribution is -0.457. The molecule has 5 atom stereocenters. The minimum Gasteiger partial charge on any atom is -0.489 e. The van der Waals surface area contributed by atoms with E-state index in [1.807, 2.05) is 18.2 Å². The van der Waals surface area contributed by atoms with Crippen LogP contribution in [0, 0.1) is 28.9 Å². The third-order valence-electron chi connectivity index (χ3n) is 10.1. The van der Waals surface area contributed by atoms with E-state index in [0.717, 1.165) is 43.7 Å². The first-order valence-corrected chi connectivity index (χ1v) is 15.0. The molecule has 0 amide bonds. The van der Waals surface area contributed by atoms with Crippen molar-refractivity contribution in [3.8, 4) is 5.75 Å². The maximum absolute atomic E-state index is 13.5. The zero-order valence-corrected chi connectivity index (χ0v) is 24.7. The Morgan fingerprint density at radius 2 is 1.43 bits per heavy atom. The number of alkyl halides is 9. The molecule has 0 aromatic heterocycles. The van der Waals surface area contributed by atoms with Crippen molar-refractivity contribution in [1.82, 2.24) is 0 Å². The van der Waals surface area contributed by atoms with Gasteiger partial charge in [0.1, 0.15) is 24.0 Å². The summed E-state index contributed by atoms with van der Waals surface area (Å²) in [4.78, 5) is 0. The normalized spacial score (nSPS) is 26.8. The first-order valence-electron chi connectivity index (χ1n) is 15.0. The number of hydrogen-bond acceptors (Lipinski definition) is 3. The van der Waals surface area contributed by atoms with Gasteiger partial charge in [-0.1, -0.05) is 13.0 Å². The van der Waals surface area contributed by atoms with Gasteiger partial charge in [-0.3, -0.25) is 0 Å². The molecule has 0 saturated heterocycles. The molecule has 2 aromatic rings. The molecule has 3 aliphatic carbocycles. The molecule has 2 saturated carbocycles. The quantitative estimate of drug-likeness (QED) is 0.196. The van der Waals surface area contributed by atoms with Crippen LogP contribution in [-0.2, 0) is 22.5 Å². The molecule has 3 nitrogen and oxygen atoms in total. The van der Waals surface area contributed by atoms with E-state index in [-0.39, 0.29) is 36.6 Å². The van der Waals surface area contributed by atoms with Crippen LogP contribution in [0.15, 0.2) is 36.4 Å². The van der Waals surface area contributed by atoms with Gasteiger partial charge in [0, 0.05) is 12.7 Å². The van der Waals surface area contributed by atoms with Crippen LogP contribution in [0.5, 0.6) is 5.75 Å². The highest BCUT2D eigenvalue weighted by molar-refractivity contribution is 5.41. The number of ether oxygens (including phenoxy) is 3. The van der Waals surface area contributed by atoms with Gasteiger partial charge in [0.15, 0.2) is 0 Å². The lowest BCUT2D eigenvalue weighted by Crippen LogP contribution is -2.67. The molecule has 2 aromatic carbocycles. The Bertz CT molecular complexity index is 1330. The van der Waals surface area contributed by atoms with Crippen LogP contribution in [0.25, 0.3) is 0 Å². The van der Waals surface area contributed by atoms with E-state index in [9.17, 15) is 48.3 Å². The molecule has 46 heavy (non-hydrogen) atoms. The van der Waals surface area contributed by atoms with E-state index in [1.54, 1.807) is 0 Å². The monoisotopic (exact) mass is 674 g/mol.